The number of aliphatic hydroxyl groups is 1. The molecule has 1 aliphatic rings. The minimum atomic E-state index is -1.06. The summed E-state index contributed by atoms with van der Waals surface area (Å²) in [5.74, 6) is 0.691. The van der Waals surface area contributed by atoms with Crippen molar-refractivity contribution in [2.75, 3.05) is 0 Å². The molecule has 0 bridgehead atoms. The number of benzene rings is 2. The molecular formula is C23H24Cl2O4. The van der Waals surface area contributed by atoms with Crippen molar-refractivity contribution in [1.29, 1.82) is 0 Å². The van der Waals surface area contributed by atoms with Gasteiger partial charge in [-0.05, 0) is 69.5 Å². The number of Topliss-reactive ketones (excluding diaryl/α,β-unsaturated/α-hetero) is 1. The zero-order chi connectivity index (χ0) is 21.6. The Hall–Kier alpha value is -2.01. The summed E-state index contributed by atoms with van der Waals surface area (Å²) in [6.07, 6.45) is 0.689. The van der Waals surface area contributed by atoms with E-state index in [9.17, 15) is 9.90 Å². The zero-order valence-electron chi connectivity index (χ0n) is 17.1. The van der Waals surface area contributed by atoms with Crippen LogP contribution in [-0.2, 0) is 16.0 Å². The lowest BCUT2D eigenvalue weighted by Crippen LogP contribution is -2.49. The van der Waals surface area contributed by atoms with Gasteiger partial charge in [0.15, 0.2) is 5.78 Å². The number of rotatable bonds is 4. The molecule has 1 aliphatic heterocycles. The molecule has 2 aromatic carbocycles. The Balaban J connectivity index is 2.12. The van der Waals surface area contributed by atoms with E-state index >= 15 is 0 Å². The first-order valence-electron chi connectivity index (χ1n) is 9.41. The van der Waals surface area contributed by atoms with Crippen LogP contribution in [0.2, 0.25) is 10.0 Å². The van der Waals surface area contributed by atoms with Crippen LogP contribution >= 0.6 is 23.2 Å². The van der Waals surface area contributed by atoms with Gasteiger partial charge in [0.2, 0.25) is 0 Å². The lowest BCUT2D eigenvalue weighted by atomic mass is 9.81. The number of hydrogen-bond donors (Lipinski definition) is 1. The Morgan fingerprint density at radius 2 is 1.59 bits per heavy atom. The molecule has 3 rings (SSSR count). The molecule has 0 saturated heterocycles. The van der Waals surface area contributed by atoms with Gasteiger partial charge in [0.05, 0.1) is 15.6 Å². The van der Waals surface area contributed by atoms with E-state index in [0.29, 0.717) is 33.5 Å². The quantitative estimate of drug-likeness (QED) is 0.576. The van der Waals surface area contributed by atoms with Gasteiger partial charge in [0, 0.05) is 6.07 Å². The summed E-state index contributed by atoms with van der Waals surface area (Å²) in [6.45, 7) is 8.92. The van der Waals surface area contributed by atoms with E-state index in [1.807, 2.05) is 19.1 Å². The number of aryl methyl sites for hydroxylation is 1. The zero-order valence-corrected chi connectivity index (χ0v) is 18.6. The molecule has 0 unspecified atom stereocenters. The van der Waals surface area contributed by atoms with Crippen molar-refractivity contribution in [1.82, 2.24) is 0 Å². The molecule has 1 heterocycles. The lowest BCUT2D eigenvalue weighted by Gasteiger charge is -2.40. The number of halogens is 2. The Morgan fingerprint density at radius 3 is 2.21 bits per heavy atom. The molecule has 0 fully saturated rings. The average Bonchev–Trinajstić information content (AvgIpc) is 2.63. The smallest absolute Gasteiger partial charge is 0.198 e. The van der Waals surface area contributed by atoms with Crippen molar-refractivity contribution in [3.8, 4) is 11.5 Å². The van der Waals surface area contributed by atoms with Crippen molar-refractivity contribution >= 4 is 34.6 Å². The molecule has 0 atom stereocenters. The van der Waals surface area contributed by atoms with Crippen LogP contribution in [0.1, 0.15) is 45.7 Å². The SMILES string of the molecule is CCc1ccc(Oc2ccc(Cl)c(Cl)c2)cc1C1=C(O)C(C)(C)OC(C)(C)C1=O. The Labute approximate surface area is 181 Å². The normalized spacial score (nSPS) is 18.1. The molecule has 1 N–H and O–H groups in total. The fourth-order valence-corrected chi connectivity index (χ4v) is 3.82. The van der Waals surface area contributed by atoms with Crippen molar-refractivity contribution < 1.29 is 19.4 Å². The first-order chi connectivity index (χ1) is 13.5. The molecule has 2 aromatic rings. The number of carbonyl (C=O) groups is 1. The topological polar surface area (TPSA) is 55.8 Å². The Kier molecular flexibility index (Phi) is 5.74. The summed E-state index contributed by atoms with van der Waals surface area (Å²) >= 11 is 12.0. The molecule has 0 aromatic heterocycles. The largest absolute Gasteiger partial charge is 0.508 e. The van der Waals surface area contributed by atoms with Gasteiger partial charge in [-0.15, -0.1) is 0 Å². The summed E-state index contributed by atoms with van der Waals surface area (Å²) < 4.78 is 11.8. The summed E-state index contributed by atoms with van der Waals surface area (Å²) in [5, 5.41) is 11.7. The maximum absolute atomic E-state index is 13.1. The van der Waals surface area contributed by atoms with E-state index < -0.39 is 11.2 Å². The second-order valence-electron chi connectivity index (χ2n) is 8.03. The Bertz CT molecular complexity index is 1010. The number of hydrogen-bond acceptors (Lipinski definition) is 4. The standard InChI is InChI=1S/C23H24Cl2O4/c1-6-13-7-8-14(28-15-9-10-17(24)18(25)12-15)11-16(13)19-20(26)22(2,3)29-23(4,5)21(19)27/h7-12,26H,6H2,1-5H3. The van der Waals surface area contributed by atoms with Gasteiger partial charge in [0.1, 0.15) is 28.5 Å². The van der Waals surface area contributed by atoms with Crippen molar-refractivity contribution in [2.24, 2.45) is 0 Å². The third kappa shape index (κ3) is 4.16. The summed E-state index contributed by atoms with van der Waals surface area (Å²) in [7, 11) is 0. The minimum Gasteiger partial charge on any atom is -0.508 e. The summed E-state index contributed by atoms with van der Waals surface area (Å²) in [4.78, 5) is 13.1. The van der Waals surface area contributed by atoms with Gasteiger partial charge in [-0.2, -0.15) is 0 Å². The predicted octanol–water partition coefficient (Wildman–Crippen LogP) is 6.77. The maximum atomic E-state index is 13.1. The second-order valence-corrected chi connectivity index (χ2v) is 8.84. The fraction of sp³-hybridized carbons (Fsp3) is 0.348. The van der Waals surface area contributed by atoms with E-state index in [-0.39, 0.29) is 17.1 Å². The van der Waals surface area contributed by atoms with Crippen molar-refractivity contribution in [2.45, 2.75) is 52.2 Å². The molecule has 4 nitrogen and oxygen atoms in total. The molecule has 6 heteroatoms. The van der Waals surface area contributed by atoms with Crippen LogP contribution in [0.25, 0.3) is 5.57 Å². The molecule has 154 valence electrons. The number of ketones is 1. The van der Waals surface area contributed by atoms with Gasteiger partial charge in [-0.25, -0.2) is 0 Å². The van der Waals surface area contributed by atoms with Crippen molar-refractivity contribution in [3.05, 3.63) is 63.3 Å². The summed E-state index contributed by atoms with van der Waals surface area (Å²) in [5.41, 5.74) is -0.218. The van der Waals surface area contributed by atoms with E-state index in [0.717, 1.165) is 5.56 Å². The van der Waals surface area contributed by atoms with Crippen LogP contribution in [0.5, 0.6) is 11.5 Å². The van der Waals surface area contributed by atoms with E-state index in [2.05, 4.69) is 0 Å². The summed E-state index contributed by atoms with van der Waals surface area (Å²) in [6, 6.07) is 10.5. The highest BCUT2D eigenvalue weighted by atomic mass is 35.5. The van der Waals surface area contributed by atoms with Gasteiger partial charge in [0.25, 0.3) is 0 Å². The van der Waals surface area contributed by atoms with E-state index in [4.69, 9.17) is 32.7 Å². The molecule has 0 saturated carbocycles. The van der Waals surface area contributed by atoms with Crippen LogP contribution in [0.15, 0.2) is 42.2 Å². The molecule has 0 amide bonds. The van der Waals surface area contributed by atoms with E-state index in [1.54, 1.807) is 52.0 Å². The fourth-order valence-electron chi connectivity index (χ4n) is 3.53. The third-order valence-electron chi connectivity index (χ3n) is 4.95. The molecule has 0 radical (unpaired) electrons. The Morgan fingerprint density at radius 1 is 0.966 bits per heavy atom. The van der Waals surface area contributed by atoms with Gasteiger partial charge in [-0.1, -0.05) is 36.2 Å². The highest BCUT2D eigenvalue weighted by molar-refractivity contribution is 6.42. The van der Waals surface area contributed by atoms with Crippen LogP contribution in [0.4, 0.5) is 0 Å². The maximum Gasteiger partial charge on any atom is 0.198 e. The van der Waals surface area contributed by atoms with E-state index in [1.165, 1.54) is 0 Å². The predicted molar refractivity (Wildman–Crippen MR) is 116 cm³/mol. The average molecular weight is 435 g/mol. The van der Waals surface area contributed by atoms with Crippen LogP contribution < -0.4 is 4.74 Å². The number of carbonyl (C=O) groups excluding carboxylic acids is 1. The van der Waals surface area contributed by atoms with Gasteiger partial charge >= 0.3 is 0 Å². The number of aliphatic hydroxyl groups excluding tert-OH is 1. The lowest BCUT2D eigenvalue weighted by molar-refractivity contribution is -0.158. The minimum absolute atomic E-state index is 0.0804. The third-order valence-corrected chi connectivity index (χ3v) is 5.69. The monoisotopic (exact) mass is 434 g/mol. The van der Waals surface area contributed by atoms with Crippen LogP contribution in [0, 0.1) is 0 Å². The van der Waals surface area contributed by atoms with Gasteiger partial charge < -0.3 is 14.6 Å². The highest BCUT2D eigenvalue weighted by Crippen LogP contribution is 2.42. The number of ether oxygens (including phenoxy) is 2. The molecule has 29 heavy (non-hydrogen) atoms. The van der Waals surface area contributed by atoms with Crippen molar-refractivity contribution in [3.63, 3.8) is 0 Å². The van der Waals surface area contributed by atoms with Crippen LogP contribution in [0.3, 0.4) is 0 Å². The van der Waals surface area contributed by atoms with Crippen LogP contribution in [-0.4, -0.2) is 22.1 Å². The first-order valence-corrected chi connectivity index (χ1v) is 10.2. The van der Waals surface area contributed by atoms with Gasteiger partial charge in [-0.3, -0.25) is 4.79 Å². The molecule has 0 spiro atoms. The molecular weight excluding hydrogens is 411 g/mol. The molecule has 0 aliphatic carbocycles. The highest BCUT2D eigenvalue weighted by Gasteiger charge is 2.47. The first kappa shape index (κ1) is 21.7. The second kappa shape index (κ2) is 7.67.